The van der Waals surface area contributed by atoms with Crippen molar-refractivity contribution in [2.45, 2.75) is 19.3 Å². The van der Waals surface area contributed by atoms with Gasteiger partial charge in [0.25, 0.3) is 0 Å². The largest absolute Gasteiger partial charge is 0.389 e. The minimum atomic E-state index is 0.480. The Bertz CT molecular complexity index is 356. The fourth-order valence-electron chi connectivity index (χ4n) is 2.01. The van der Waals surface area contributed by atoms with E-state index in [1.165, 1.54) is 24.9 Å². The smallest absolute Gasteiger partial charge is 0.104 e. The number of thiocarbonyl (C=S) groups is 1. The van der Waals surface area contributed by atoms with Crippen LogP contribution in [0.4, 0.5) is 5.69 Å². The van der Waals surface area contributed by atoms with Crippen molar-refractivity contribution < 1.29 is 0 Å². The average Bonchev–Trinajstić information content (AvgIpc) is 2.30. The second-order valence-corrected chi connectivity index (χ2v) is 4.40. The molecule has 0 amide bonds. The molecule has 3 heteroatoms. The van der Waals surface area contributed by atoms with Crippen LogP contribution in [0.25, 0.3) is 0 Å². The zero-order valence-corrected chi connectivity index (χ0v) is 9.59. The van der Waals surface area contributed by atoms with Crippen LogP contribution in [0.1, 0.15) is 24.8 Å². The maximum absolute atomic E-state index is 5.63. The first kappa shape index (κ1) is 10.4. The molecule has 1 heterocycles. The van der Waals surface area contributed by atoms with Crippen molar-refractivity contribution in [1.29, 1.82) is 0 Å². The number of piperidine rings is 1. The van der Waals surface area contributed by atoms with E-state index in [9.17, 15) is 0 Å². The van der Waals surface area contributed by atoms with E-state index in [-0.39, 0.29) is 0 Å². The maximum Gasteiger partial charge on any atom is 0.104 e. The van der Waals surface area contributed by atoms with Crippen LogP contribution < -0.4 is 10.6 Å². The van der Waals surface area contributed by atoms with E-state index in [2.05, 4.69) is 17.0 Å². The highest BCUT2D eigenvalue weighted by Gasteiger charge is 2.11. The standard InChI is InChI=1S/C12H16N2S/c13-12(15)10-5-4-6-11(9-10)14-7-2-1-3-8-14/h4-6,9H,1-3,7-8H2,(H2,13,15). The molecule has 2 N–H and O–H groups in total. The van der Waals surface area contributed by atoms with Gasteiger partial charge in [0, 0.05) is 24.3 Å². The van der Waals surface area contributed by atoms with Crippen molar-refractivity contribution in [3.8, 4) is 0 Å². The Labute approximate surface area is 96.1 Å². The quantitative estimate of drug-likeness (QED) is 0.776. The topological polar surface area (TPSA) is 29.3 Å². The fourth-order valence-corrected chi connectivity index (χ4v) is 2.13. The van der Waals surface area contributed by atoms with Gasteiger partial charge in [0.05, 0.1) is 0 Å². The lowest BCUT2D eigenvalue weighted by molar-refractivity contribution is 0.578. The van der Waals surface area contributed by atoms with E-state index in [0.29, 0.717) is 4.99 Å². The van der Waals surface area contributed by atoms with Crippen LogP contribution >= 0.6 is 12.2 Å². The van der Waals surface area contributed by atoms with Gasteiger partial charge in [-0.2, -0.15) is 0 Å². The van der Waals surface area contributed by atoms with Gasteiger partial charge in [-0.25, -0.2) is 0 Å². The van der Waals surface area contributed by atoms with Crippen molar-refractivity contribution in [2.24, 2.45) is 5.73 Å². The van der Waals surface area contributed by atoms with Gasteiger partial charge in [-0.3, -0.25) is 0 Å². The molecule has 0 bridgehead atoms. The lowest BCUT2D eigenvalue weighted by atomic mass is 10.1. The summed E-state index contributed by atoms with van der Waals surface area (Å²) in [5.41, 5.74) is 7.84. The summed E-state index contributed by atoms with van der Waals surface area (Å²) in [6.45, 7) is 2.31. The second kappa shape index (κ2) is 4.62. The van der Waals surface area contributed by atoms with E-state index in [0.717, 1.165) is 18.7 Å². The van der Waals surface area contributed by atoms with E-state index in [1.807, 2.05) is 12.1 Å². The molecule has 0 aromatic heterocycles. The van der Waals surface area contributed by atoms with E-state index in [4.69, 9.17) is 18.0 Å². The summed E-state index contributed by atoms with van der Waals surface area (Å²) in [4.78, 5) is 2.89. The normalized spacial score (nSPS) is 16.4. The zero-order chi connectivity index (χ0) is 10.7. The molecular weight excluding hydrogens is 204 g/mol. The molecule has 1 aromatic rings. The van der Waals surface area contributed by atoms with Gasteiger partial charge in [0.1, 0.15) is 4.99 Å². The Kier molecular flexibility index (Phi) is 3.21. The van der Waals surface area contributed by atoms with Crippen LogP contribution in [-0.2, 0) is 0 Å². The SMILES string of the molecule is NC(=S)c1cccc(N2CCCCC2)c1. The van der Waals surface area contributed by atoms with Crippen molar-refractivity contribution in [1.82, 2.24) is 0 Å². The molecule has 2 nitrogen and oxygen atoms in total. The van der Waals surface area contributed by atoms with Crippen LogP contribution in [-0.4, -0.2) is 18.1 Å². The second-order valence-electron chi connectivity index (χ2n) is 3.96. The number of hydrogen-bond donors (Lipinski definition) is 1. The maximum atomic E-state index is 5.63. The third-order valence-electron chi connectivity index (χ3n) is 2.85. The van der Waals surface area contributed by atoms with Crippen LogP contribution in [0.3, 0.4) is 0 Å². The molecule has 1 aromatic carbocycles. The highest BCUT2D eigenvalue weighted by molar-refractivity contribution is 7.80. The monoisotopic (exact) mass is 220 g/mol. The van der Waals surface area contributed by atoms with Gasteiger partial charge in [-0.05, 0) is 31.4 Å². The molecule has 2 rings (SSSR count). The third kappa shape index (κ3) is 2.48. The van der Waals surface area contributed by atoms with Gasteiger partial charge in [-0.1, -0.05) is 24.4 Å². The van der Waals surface area contributed by atoms with E-state index in [1.54, 1.807) is 0 Å². The summed E-state index contributed by atoms with van der Waals surface area (Å²) < 4.78 is 0. The molecular formula is C12H16N2S. The predicted octanol–water partition coefficient (Wildman–Crippen LogP) is 2.31. The molecule has 15 heavy (non-hydrogen) atoms. The van der Waals surface area contributed by atoms with Crippen LogP contribution in [0.5, 0.6) is 0 Å². The van der Waals surface area contributed by atoms with E-state index >= 15 is 0 Å². The number of rotatable bonds is 2. The van der Waals surface area contributed by atoms with Crippen LogP contribution in [0.15, 0.2) is 24.3 Å². The number of nitrogens with two attached hydrogens (primary N) is 1. The summed E-state index contributed by atoms with van der Waals surface area (Å²) in [5, 5.41) is 0. The summed E-state index contributed by atoms with van der Waals surface area (Å²) in [5.74, 6) is 0. The Morgan fingerprint density at radius 3 is 2.60 bits per heavy atom. The van der Waals surface area contributed by atoms with E-state index < -0.39 is 0 Å². The summed E-state index contributed by atoms with van der Waals surface area (Å²) >= 11 is 4.98. The first-order valence-electron chi connectivity index (χ1n) is 5.42. The average molecular weight is 220 g/mol. The third-order valence-corrected chi connectivity index (χ3v) is 3.09. The zero-order valence-electron chi connectivity index (χ0n) is 8.78. The summed E-state index contributed by atoms with van der Waals surface area (Å²) in [6, 6.07) is 8.22. The highest BCUT2D eigenvalue weighted by atomic mass is 32.1. The number of hydrogen-bond acceptors (Lipinski definition) is 2. The molecule has 0 unspecified atom stereocenters. The minimum absolute atomic E-state index is 0.480. The van der Waals surface area contributed by atoms with Crippen molar-refractivity contribution >= 4 is 22.9 Å². The summed E-state index contributed by atoms with van der Waals surface area (Å²) in [7, 11) is 0. The Balaban J connectivity index is 2.19. The lowest BCUT2D eigenvalue weighted by Crippen LogP contribution is -2.29. The number of nitrogens with zero attached hydrogens (tertiary/aromatic N) is 1. The van der Waals surface area contributed by atoms with Crippen LogP contribution in [0, 0.1) is 0 Å². The van der Waals surface area contributed by atoms with Crippen molar-refractivity contribution in [2.75, 3.05) is 18.0 Å². The molecule has 0 spiro atoms. The first-order chi connectivity index (χ1) is 7.27. The van der Waals surface area contributed by atoms with Crippen molar-refractivity contribution in [3.05, 3.63) is 29.8 Å². The molecule has 1 aliphatic rings. The highest BCUT2D eigenvalue weighted by Crippen LogP contribution is 2.20. The lowest BCUT2D eigenvalue weighted by Gasteiger charge is -2.29. The summed E-state index contributed by atoms with van der Waals surface area (Å²) in [6.07, 6.45) is 3.93. The van der Waals surface area contributed by atoms with Crippen molar-refractivity contribution in [3.63, 3.8) is 0 Å². The molecule has 0 atom stereocenters. The van der Waals surface area contributed by atoms with Gasteiger partial charge < -0.3 is 10.6 Å². The molecule has 80 valence electrons. The molecule has 0 radical (unpaired) electrons. The molecule has 0 aliphatic carbocycles. The predicted molar refractivity (Wildman–Crippen MR) is 68.4 cm³/mol. The Morgan fingerprint density at radius 1 is 1.20 bits per heavy atom. The first-order valence-corrected chi connectivity index (χ1v) is 5.83. The van der Waals surface area contributed by atoms with Gasteiger partial charge in [0.2, 0.25) is 0 Å². The fraction of sp³-hybridized carbons (Fsp3) is 0.417. The molecule has 0 saturated carbocycles. The van der Waals surface area contributed by atoms with Gasteiger partial charge in [-0.15, -0.1) is 0 Å². The minimum Gasteiger partial charge on any atom is -0.389 e. The van der Waals surface area contributed by atoms with Gasteiger partial charge >= 0.3 is 0 Å². The molecule has 1 aliphatic heterocycles. The Morgan fingerprint density at radius 2 is 1.93 bits per heavy atom. The number of benzene rings is 1. The van der Waals surface area contributed by atoms with Crippen LogP contribution in [0.2, 0.25) is 0 Å². The molecule has 1 saturated heterocycles. The Hall–Kier alpha value is -1.09. The number of anilines is 1. The van der Waals surface area contributed by atoms with Gasteiger partial charge in [0.15, 0.2) is 0 Å². The molecule has 1 fully saturated rings.